The first-order valence-corrected chi connectivity index (χ1v) is 11.6. The summed E-state index contributed by atoms with van der Waals surface area (Å²) >= 11 is 0. The molecule has 0 radical (unpaired) electrons. The molecule has 1 amide bonds. The van der Waals surface area contributed by atoms with Crippen molar-refractivity contribution in [3.8, 4) is 6.07 Å². The quantitative estimate of drug-likeness (QED) is 0.640. The summed E-state index contributed by atoms with van der Waals surface area (Å²) in [4.78, 5) is 14.5. The molecule has 0 spiro atoms. The molecule has 2 aromatic rings. The van der Waals surface area contributed by atoms with E-state index in [0.717, 1.165) is 35.1 Å². The predicted molar refractivity (Wildman–Crippen MR) is 120 cm³/mol. The maximum Gasteiger partial charge on any atom is 0.258 e. The summed E-state index contributed by atoms with van der Waals surface area (Å²) in [5, 5.41) is 9.37. The van der Waals surface area contributed by atoms with Crippen molar-refractivity contribution in [1.82, 2.24) is 4.90 Å². The normalized spacial score (nSPS) is 14.8. The Hall–Kier alpha value is -2.56. The van der Waals surface area contributed by atoms with Gasteiger partial charge in [0.1, 0.15) is 5.82 Å². The third-order valence-electron chi connectivity index (χ3n) is 5.33. The van der Waals surface area contributed by atoms with E-state index in [-0.39, 0.29) is 17.2 Å². The van der Waals surface area contributed by atoms with Crippen LogP contribution in [0.3, 0.4) is 0 Å². The molecule has 7 heteroatoms. The van der Waals surface area contributed by atoms with Crippen LogP contribution in [0.25, 0.3) is 0 Å². The van der Waals surface area contributed by atoms with Crippen molar-refractivity contribution in [2.45, 2.75) is 56.4 Å². The smallest absolute Gasteiger partial charge is 0.258 e. The summed E-state index contributed by atoms with van der Waals surface area (Å²) in [6, 6.07) is 10.4. The van der Waals surface area contributed by atoms with Gasteiger partial charge in [-0.3, -0.25) is 4.79 Å². The Morgan fingerprint density at radius 1 is 1.29 bits per heavy atom. The lowest BCUT2D eigenvalue weighted by molar-refractivity contribution is -0.117. The van der Waals surface area contributed by atoms with Gasteiger partial charge in [0, 0.05) is 6.54 Å². The van der Waals surface area contributed by atoms with Crippen LogP contribution in [0.4, 0.5) is 4.39 Å². The van der Waals surface area contributed by atoms with Crippen LogP contribution in [0.15, 0.2) is 39.6 Å². The van der Waals surface area contributed by atoms with Crippen LogP contribution in [0, 0.1) is 17.1 Å². The van der Waals surface area contributed by atoms with Crippen molar-refractivity contribution in [3.05, 3.63) is 64.0 Å². The maximum absolute atomic E-state index is 14.5. The number of carbonyl (C=O) groups excluding carboxylic acids is 1. The molecule has 31 heavy (non-hydrogen) atoms. The second-order valence-electron chi connectivity index (χ2n) is 8.64. The molecule has 5 nitrogen and oxygen atoms in total. The van der Waals surface area contributed by atoms with E-state index in [1.165, 1.54) is 12.1 Å². The number of halogens is 1. The number of hydrogen-bond donors (Lipinski definition) is 1. The van der Waals surface area contributed by atoms with Gasteiger partial charge >= 0.3 is 0 Å². The van der Waals surface area contributed by atoms with Crippen molar-refractivity contribution >= 4 is 16.5 Å². The van der Waals surface area contributed by atoms with E-state index < -0.39 is 22.3 Å². The molecule has 1 atom stereocenters. The minimum Gasteiger partial charge on any atom is -0.305 e. The van der Waals surface area contributed by atoms with Gasteiger partial charge in [-0.1, -0.05) is 19.9 Å². The number of nitriles is 1. The molecule has 1 unspecified atom stereocenters. The molecular weight excluding hydrogens is 413 g/mol. The standard InChI is InChI=1S/C24H28FN3O2S/c1-15(2)19-9-17(13-26)10-20(18-6-7-18)21(19)12-24(29)27-31(30)23-8-5-16(11-22(23)25)14-28(3)4/h5,8-11,15,18,31H,6-7,12,14H2,1-4H3. The number of rotatable bonds is 7. The van der Waals surface area contributed by atoms with Crippen LogP contribution >= 0.6 is 0 Å². The Morgan fingerprint density at radius 3 is 2.55 bits per heavy atom. The average Bonchev–Trinajstić information content (AvgIpc) is 3.52. The van der Waals surface area contributed by atoms with E-state index in [4.69, 9.17) is 0 Å². The molecule has 3 rings (SSSR count). The van der Waals surface area contributed by atoms with Crippen molar-refractivity contribution in [2.75, 3.05) is 14.1 Å². The van der Waals surface area contributed by atoms with Crippen molar-refractivity contribution in [1.29, 1.82) is 5.26 Å². The fourth-order valence-electron chi connectivity index (χ4n) is 3.77. The molecule has 1 aliphatic carbocycles. The Labute approximate surface area is 185 Å². The van der Waals surface area contributed by atoms with Crippen molar-refractivity contribution < 1.29 is 13.4 Å². The first-order valence-electron chi connectivity index (χ1n) is 10.4. The Kier molecular flexibility index (Phi) is 7.24. The van der Waals surface area contributed by atoms with E-state index in [2.05, 4.69) is 10.4 Å². The lowest BCUT2D eigenvalue weighted by Crippen LogP contribution is -2.11. The monoisotopic (exact) mass is 441 g/mol. The Morgan fingerprint density at radius 2 is 2.00 bits per heavy atom. The van der Waals surface area contributed by atoms with E-state index in [9.17, 15) is 18.7 Å². The summed E-state index contributed by atoms with van der Waals surface area (Å²) in [5.74, 6) is -0.670. The van der Waals surface area contributed by atoms with Gasteiger partial charge in [-0.05, 0) is 85.3 Å². The second-order valence-corrected chi connectivity index (χ2v) is 9.87. The van der Waals surface area contributed by atoms with Gasteiger partial charge in [-0.15, -0.1) is 0 Å². The third kappa shape index (κ3) is 5.78. The number of thiol groups is 1. The average molecular weight is 442 g/mol. The minimum atomic E-state index is -2.52. The largest absolute Gasteiger partial charge is 0.305 e. The highest BCUT2D eigenvalue weighted by atomic mass is 32.2. The highest BCUT2D eigenvalue weighted by Crippen LogP contribution is 2.44. The van der Waals surface area contributed by atoms with Crippen LogP contribution < -0.4 is 0 Å². The van der Waals surface area contributed by atoms with Gasteiger partial charge in [0.05, 0.1) is 33.5 Å². The van der Waals surface area contributed by atoms with Crippen LogP contribution in [-0.4, -0.2) is 29.1 Å². The summed E-state index contributed by atoms with van der Waals surface area (Å²) in [7, 11) is 1.24. The topological polar surface area (TPSA) is 73.5 Å². The zero-order valence-corrected chi connectivity index (χ0v) is 19.2. The lowest BCUT2D eigenvalue weighted by Gasteiger charge is -2.17. The van der Waals surface area contributed by atoms with Gasteiger partial charge < -0.3 is 4.90 Å². The van der Waals surface area contributed by atoms with Crippen LogP contribution in [-0.2, 0) is 28.4 Å². The van der Waals surface area contributed by atoms with Crippen LogP contribution in [0.2, 0.25) is 0 Å². The molecular formula is C24H28FN3O2S. The molecule has 1 aliphatic rings. The zero-order valence-electron chi connectivity index (χ0n) is 18.4. The highest BCUT2D eigenvalue weighted by molar-refractivity contribution is 7.75. The Bertz CT molecular complexity index is 1100. The lowest BCUT2D eigenvalue weighted by atomic mass is 9.87. The fourth-order valence-corrected chi connectivity index (χ4v) is 4.60. The van der Waals surface area contributed by atoms with E-state index >= 15 is 0 Å². The van der Waals surface area contributed by atoms with Crippen molar-refractivity contribution in [3.63, 3.8) is 0 Å². The number of carbonyl (C=O) groups is 1. The second kappa shape index (κ2) is 9.71. The molecule has 0 aliphatic heterocycles. The molecule has 0 saturated heterocycles. The van der Waals surface area contributed by atoms with E-state index in [1.807, 2.05) is 45.0 Å². The van der Waals surface area contributed by atoms with Gasteiger partial charge in [-0.25, -0.2) is 8.60 Å². The highest BCUT2D eigenvalue weighted by Gasteiger charge is 2.29. The number of hydrogen-bond acceptors (Lipinski definition) is 4. The first kappa shape index (κ1) is 23.1. The summed E-state index contributed by atoms with van der Waals surface area (Å²) < 4.78 is 30.9. The molecule has 0 heterocycles. The van der Waals surface area contributed by atoms with Gasteiger partial charge in [-0.2, -0.15) is 9.62 Å². The molecule has 0 aromatic heterocycles. The summed E-state index contributed by atoms with van der Waals surface area (Å²) in [5.41, 5.74) is 4.18. The molecule has 2 aromatic carbocycles. The maximum atomic E-state index is 14.5. The molecule has 1 fully saturated rings. The van der Waals surface area contributed by atoms with Crippen molar-refractivity contribution in [2.24, 2.45) is 4.36 Å². The summed E-state index contributed by atoms with van der Waals surface area (Å²) in [6.45, 7) is 4.59. The van der Waals surface area contributed by atoms with Gasteiger partial charge in [0.25, 0.3) is 5.91 Å². The SMILES string of the molecule is CC(C)c1cc(C#N)cc(C2CC2)c1CC(=O)/N=[SH](=O)/c1ccc(CN(C)C)cc1F. The fraction of sp³-hybridized carbons (Fsp3) is 0.417. The molecule has 164 valence electrons. The molecule has 1 saturated carbocycles. The van der Waals surface area contributed by atoms with E-state index in [0.29, 0.717) is 18.0 Å². The van der Waals surface area contributed by atoms with E-state index in [1.54, 1.807) is 6.07 Å². The minimum absolute atomic E-state index is 0.00641. The Balaban J connectivity index is 1.89. The molecule has 0 N–H and O–H groups in total. The van der Waals surface area contributed by atoms with Crippen LogP contribution in [0.5, 0.6) is 0 Å². The zero-order chi connectivity index (χ0) is 22.7. The van der Waals surface area contributed by atoms with Gasteiger partial charge in [0.2, 0.25) is 0 Å². The number of benzene rings is 2. The predicted octanol–water partition coefficient (Wildman–Crippen LogP) is 4.55. The third-order valence-corrected chi connectivity index (χ3v) is 6.51. The van der Waals surface area contributed by atoms with Gasteiger partial charge in [0.15, 0.2) is 0 Å². The number of amides is 1. The molecule has 0 bridgehead atoms. The first-order chi connectivity index (χ1) is 14.7. The summed E-state index contributed by atoms with van der Waals surface area (Å²) in [6.07, 6.45) is 2.07. The van der Waals surface area contributed by atoms with Crippen LogP contribution in [0.1, 0.15) is 66.3 Å². The number of nitrogens with zero attached hydrogens (tertiary/aromatic N) is 3.